The number of thioether (sulfide) groups is 1. The third kappa shape index (κ3) is 4.21. The number of carboxylic acid groups (broad SMARTS) is 1. The summed E-state index contributed by atoms with van der Waals surface area (Å²) in [6.07, 6.45) is 1.77. The van der Waals surface area contributed by atoms with E-state index >= 15 is 0 Å². The molecule has 0 spiro atoms. The lowest BCUT2D eigenvalue weighted by atomic mass is 10.1. The van der Waals surface area contributed by atoms with E-state index in [4.69, 9.17) is 5.11 Å². The van der Waals surface area contributed by atoms with Gasteiger partial charge in [0.1, 0.15) is 5.70 Å². The Morgan fingerprint density at radius 1 is 1.19 bits per heavy atom. The monoisotopic (exact) mass is 366 g/mol. The Kier molecular flexibility index (Phi) is 5.53. The van der Waals surface area contributed by atoms with E-state index in [9.17, 15) is 9.59 Å². The topological polar surface area (TPSA) is 70.0 Å². The number of benzene rings is 2. The van der Waals surface area contributed by atoms with Gasteiger partial charge in [-0.1, -0.05) is 59.8 Å². The number of anilines is 1. The van der Waals surface area contributed by atoms with Crippen LogP contribution in [-0.4, -0.2) is 27.9 Å². The molecule has 0 aliphatic carbocycles. The van der Waals surface area contributed by atoms with E-state index in [1.807, 2.05) is 61.5 Å². The van der Waals surface area contributed by atoms with Crippen LogP contribution in [0.25, 0.3) is 6.08 Å². The van der Waals surface area contributed by atoms with Crippen LogP contribution in [0.3, 0.4) is 0 Å². The standard InChI is InChI=1S/C20H18N2O3S/c1-14-6-5-7-15(12-14)13-17-19(25)22(16-8-3-2-4-9-16)20(21-17)26-11-10-18(23)24/h2-9,12-13H,10-11H2,1H3,(H,23,24)/b17-13-. The van der Waals surface area contributed by atoms with Crippen molar-refractivity contribution in [3.05, 3.63) is 71.4 Å². The number of rotatable bonds is 5. The van der Waals surface area contributed by atoms with Gasteiger partial charge in [-0.05, 0) is 30.7 Å². The summed E-state index contributed by atoms with van der Waals surface area (Å²) in [4.78, 5) is 29.7. The molecule has 26 heavy (non-hydrogen) atoms. The number of amidine groups is 1. The molecule has 0 aromatic heterocycles. The smallest absolute Gasteiger partial charge is 0.304 e. The number of carboxylic acids is 1. The van der Waals surface area contributed by atoms with Gasteiger partial charge in [-0.25, -0.2) is 4.99 Å². The Morgan fingerprint density at radius 3 is 2.65 bits per heavy atom. The molecular formula is C20H18N2O3S. The van der Waals surface area contributed by atoms with E-state index in [1.165, 1.54) is 16.7 Å². The van der Waals surface area contributed by atoms with Gasteiger partial charge >= 0.3 is 5.97 Å². The number of carbonyl (C=O) groups excluding carboxylic acids is 1. The molecular weight excluding hydrogens is 348 g/mol. The molecule has 2 aromatic carbocycles. The minimum Gasteiger partial charge on any atom is -0.481 e. The number of aryl methyl sites for hydroxylation is 1. The molecule has 1 amide bonds. The Labute approximate surface area is 156 Å². The molecule has 0 unspecified atom stereocenters. The summed E-state index contributed by atoms with van der Waals surface area (Å²) in [5, 5.41) is 9.35. The van der Waals surface area contributed by atoms with E-state index in [-0.39, 0.29) is 12.3 Å². The molecule has 132 valence electrons. The molecule has 1 aliphatic heterocycles. The lowest BCUT2D eigenvalue weighted by Gasteiger charge is -2.17. The average Bonchev–Trinajstić information content (AvgIpc) is 2.91. The van der Waals surface area contributed by atoms with Crippen LogP contribution in [0.2, 0.25) is 0 Å². The minimum atomic E-state index is -0.871. The zero-order valence-corrected chi connectivity index (χ0v) is 15.1. The first-order valence-corrected chi connectivity index (χ1v) is 9.14. The lowest BCUT2D eigenvalue weighted by Crippen LogP contribution is -2.30. The molecule has 0 atom stereocenters. The summed E-state index contributed by atoms with van der Waals surface area (Å²) < 4.78 is 0. The second-order valence-electron chi connectivity index (χ2n) is 5.81. The predicted molar refractivity (Wildman–Crippen MR) is 105 cm³/mol. The van der Waals surface area contributed by atoms with Gasteiger partial charge in [0.15, 0.2) is 5.17 Å². The Morgan fingerprint density at radius 2 is 1.96 bits per heavy atom. The number of hydrogen-bond donors (Lipinski definition) is 1. The van der Waals surface area contributed by atoms with Crippen LogP contribution in [0.4, 0.5) is 5.69 Å². The molecule has 0 saturated carbocycles. The molecule has 1 aliphatic rings. The highest BCUT2D eigenvalue weighted by Crippen LogP contribution is 2.29. The number of amides is 1. The van der Waals surface area contributed by atoms with E-state index in [0.717, 1.165) is 11.1 Å². The zero-order valence-electron chi connectivity index (χ0n) is 14.3. The minimum absolute atomic E-state index is 0.0113. The third-order valence-electron chi connectivity index (χ3n) is 3.74. The number of nitrogens with zero attached hydrogens (tertiary/aromatic N) is 2. The van der Waals surface area contributed by atoms with Crippen LogP contribution in [0.15, 0.2) is 65.3 Å². The van der Waals surface area contributed by atoms with Crippen molar-refractivity contribution >= 4 is 40.6 Å². The zero-order chi connectivity index (χ0) is 18.5. The predicted octanol–water partition coefficient (Wildman–Crippen LogP) is 3.95. The largest absolute Gasteiger partial charge is 0.481 e. The molecule has 0 radical (unpaired) electrons. The summed E-state index contributed by atoms with van der Waals surface area (Å²) in [7, 11) is 0. The molecule has 1 N–H and O–H groups in total. The fourth-order valence-electron chi connectivity index (χ4n) is 2.55. The highest BCUT2D eigenvalue weighted by Gasteiger charge is 2.31. The van der Waals surface area contributed by atoms with Gasteiger partial charge in [-0.2, -0.15) is 0 Å². The van der Waals surface area contributed by atoms with Crippen LogP contribution in [0.1, 0.15) is 17.5 Å². The highest BCUT2D eigenvalue weighted by molar-refractivity contribution is 8.14. The van der Waals surface area contributed by atoms with Gasteiger partial charge in [-0.15, -0.1) is 0 Å². The van der Waals surface area contributed by atoms with Crippen molar-refractivity contribution < 1.29 is 14.7 Å². The summed E-state index contributed by atoms with van der Waals surface area (Å²) in [5.41, 5.74) is 3.07. The van der Waals surface area contributed by atoms with E-state index < -0.39 is 5.97 Å². The van der Waals surface area contributed by atoms with Gasteiger partial charge in [0.05, 0.1) is 12.1 Å². The van der Waals surface area contributed by atoms with Gasteiger partial charge in [0, 0.05) is 5.75 Å². The van der Waals surface area contributed by atoms with Gasteiger partial charge < -0.3 is 5.11 Å². The van der Waals surface area contributed by atoms with Gasteiger partial charge in [0.25, 0.3) is 5.91 Å². The molecule has 2 aromatic rings. The summed E-state index contributed by atoms with van der Waals surface area (Å²) in [6.45, 7) is 1.99. The van der Waals surface area contributed by atoms with Crippen LogP contribution in [0, 0.1) is 6.92 Å². The maximum atomic E-state index is 12.9. The van der Waals surface area contributed by atoms with Crippen molar-refractivity contribution in [3.8, 4) is 0 Å². The molecule has 0 bridgehead atoms. The number of hydrogen-bond acceptors (Lipinski definition) is 4. The Hall–Kier alpha value is -2.86. The first-order valence-electron chi connectivity index (χ1n) is 8.16. The van der Waals surface area contributed by atoms with Gasteiger partial charge in [0.2, 0.25) is 0 Å². The maximum absolute atomic E-state index is 12.9. The van der Waals surface area contributed by atoms with E-state index in [0.29, 0.717) is 22.3 Å². The van der Waals surface area contributed by atoms with Crippen LogP contribution in [-0.2, 0) is 9.59 Å². The van der Waals surface area contributed by atoms with E-state index in [2.05, 4.69) is 4.99 Å². The van der Waals surface area contributed by atoms with Crippen molar-refractivity contribution in [2.45, 2.75) is 13.3 Å². The highest BCUT2D eigenvalue weighted by atomic mass is 32.2. The second-order valence-corrected chi connectivity index (χ2v) is 6.87. The number of para-hydroxylation sites is 1. The van der Waals surface area contributed by atoms with Crippen LogP contribution in [0.5, 0.6) is 0 Å². The van der Waals surface area contributed by atoms with E-state index in [1.54, 1.807) is 6.08 Å². The molecule has 0 fully saturated rings. The third-order valence-corrected chi connectivity index (χ3v) is 4.68. The average molecular weight is 366 g/mol. The molecule has 0 saturated heterocycles. The quantitative estimate of drug-likeness (QED) is 0.814. The van der Waals surface area contributed by atoms with Crippen molar-refractivity contribution in [2.75, 3.05) is 10.7 Å². The first kappa shape index (κ1) is 17.9. The number of aliphatic carboxylic acids is 1. The number of aliphatic imine (C=N–C) groups is 1. The van der Waals surface area contributed by atoms with Crippen LogP contribution >= 0.6 is 11.8 Å². The van der Waals surface area contributed by atoms with Crippen molar-refractivity contribution in [2.24, 2.45) is 4.99 Å². The SMILES string of the molecule is Cc1cccc(/C=C2\N=C(SCCC(=O)O)N(c3ccccc3)C2=O)c1. The lowest BCUT2D eigenvalue weighted by molar-refractivity contribution is -0.136. The normalized spacial score (nSPS) is 15.4. The van der Waals surface area contributed by atoms with Crippen molar-refractivity contribution in [1.82, 2.24) is 0 Å². The molecule has 6 heteroatoms. The second kappa shape index (κ2) is 8.01. The first-order chi connectivity index (χ1) is 12.5. The Balaban J connectivity index is 1.92. The molecule has 1 heterocycles. The number of carbonyl (C=O) groups is 2. The van der Waals surface area contributed by atoms with Crippen LogP contribution < -0.4 is 4.90 Å². The fraction of sp³-hybridized carbons (Fsp3) is 0.150. The summed E-state index contributed by atoms with van der Waals surface area (Å²) in [6, 6.07) is 17.1. The van der Waals surface area contributed by atoms with Crippen molar-refractivity contribution in [3.63, 3.8) is 0 Å². The fourth-order valence-corrected chi connectivity index (χ4v) is 3.48. The molecule has 5 nitrogen and oxygen atoms in total. The Bertz CT molecular complexity index is 891. The maximum Gasteiger partial charge on any atom is 0.304 e. The molecule has 3 rings (SSSR count). The van der Waals surface area contributed by atoms with Crippen molar-refractivity contribution in [1.29, 1.82) is 0 Å². The summed E-state index contributed by atoms with van der Waals surface area (Å²) >= 11 is 1.27. The van der Waals surface area contributed by atoms with Gasteiger partial charge in [-0.3, -0.25) is 14.5 Å². The summed E-state index contributed by atoms with van der Waals surface area (Å²) in [5.74, 6) is -0.734.